The summed E-state index contributed by atoms with van der Waals surface area (Å²) in [7, 11) is 0. The Labute approximate surface area is 179 Å². The van der Waals surface area contributed by atoms with E-state index in [0.29, 0.717) is 14.9 Å². The number of thiocarbonyl (C=S) groups is 1. The molecule has 5 nitrogen and oxygen atoms in total. The van der Waals surface area contributed by atoms with E-state index in [2.05, 4.69) is 38.2 Å². The van der Waals surface area contributed by atoms with Crippen molar-refractivity contribution in [3.05, 3.63) is 64.6 Å². The lowest BCUT2D eigenvalue weighted by molar-refractivity contribution is -0.126. The number of phenols is 1. The van der Waals surface area contributed by atoms with Crippen LogP contribution in [-0.4, -0.2) is 32.7 Å². The van der Waals surface area contributed by atoms with Crippen LogP contribution in [0.25, 0.3) is 6.08 Å². The molecule has 0 aromatic heterocycles. The highest BCUT2D eigenvalue weighted by Crippen LogP contribution is 2.33. The highest BCUT2D eigenvalue weighted by molar-refractivity contribution is 8.26. The topological polar surface area (TPSA) is 69.6 Å². The molecule has 2 aromatic carbocycles. The molecular weight excluding hydrogens is 404 g/mol. The summed E-state index contributed by atoms with van der Waals surface area (Å²) in [5, 5.41) is 12.0. The van der Waals surface area contributed by atoms with Gasteiger partial charge in [-0.1, -0.05) is 69.0 Å². The van der Waals surface area contributed by atoms with E-state index in [4.69, 9.17) is 12.2 Å². The Bertz CT molecular complexity index is 975. The predicted molar refractivity (Wildman–Crippen MR) is 122 cm³/mol. The third-order valence-electron chi connectivity index (χ3n) is 4.40. The average molecular weight is 427 g/mol. The number of hydrogen-bond acceptors (Lipinski definition) is 5. The van der Waals surface area contributed by atoms with Crippen LogP contribution in [0.5, 0.6) is 5.75 Å². The molecule has 150 valence electrons. The van der Waals surface area contributed by atoms with Gasteiger partial charge in [0.15, 0.2) is 0 Å². The molecule has 1 aliphatic heterocycles. The van der Waals surface area contributed by atoms with Gasteiger partial charge in [-0.3, -0.25) is 14.5 Å². The lowest BCUT2D eigenvalue weighted by atomic mass is 9.87. The van der Waals surface area contributed by atoms with Crippen molar-refractivity contribution >= 4 is 51.9 Å². The molecule has 0 saturated carbocycles. The number of amides is 2. The molecule has 7 heteroatoms. The van der Waals surface area contributed by atoms with Crippen molar-refractivity contribution in [3.63, 3.8) is 0 Å². The predicted octanol–water partition coefficient (Wildman–Crippen LogP) is 4.53. The Kier molecular flexibility index (Phi) is 6.10. The maximum Gasteiger partial charge on any atom is 0.266 e. The van der Waals surface area contributed by atoms with Crippen molar-refractivity contribution < 1.29 is 14.7 Å². The van der Waals surface area contributed by atoms with Gasteiger partial charge in [0.05, 0.1) is 4.91 Å². The fourth-order valence-electron chi connectivity index (χ4n) is 2.76. The molecule has 2 N–H and O–H groups in total. The van der Waals surface area contributed by atoms with E-state index in [1.807, 2.05) is 12.1 Å². The molecule has 1 heterocycles. The molecule has 0 unspecified atom stereocenters. The first kappa shape index (κ1) is 21.1. The van der Waals surface area contributed by atoms with Gasteiger partial charge >= 0.3 is 0 Å². The molecule has 2 amide bonds. The summed E-state index contributed by atoms with van der Waals surface area (Å²) in [5.41, 5.74) is 2.72. The molecule has 1 aliphatic rings. The Morgan fingerprint density at radius 1 is 1.14 bits per heavy atom. The van der Waals surface area contributed by atoms with Gasteiger partial charge in [0, 0.05) is 5.69 Å². The normalized spacial score (nSPS) is 15.8. The van der Waals surface area contributed by atoms with Crippen LogP contribution in [-0.2, 0) is 15.0 Å². The number of nitrogens with zero attached hydrogens (tertiary/aromatic N) is 1. The van der Waals surface area contributed by atoms with E-state index < -0.39 is 0 Å². The molecule has 29 heavy (non-hydrogen) atoms. The van der Waals surface area contributed by atoms with Gasteiger partial charge in [0.1, 0.15) is 16.6 Å². The summed E-state index contributed by atoms with van der Waals surface area (Å²) < 4.78 is 0.355. The third kappa shape index (κ3) is 5.25. The average Bonchev–Trinajstić information content (AvgIpc) is 2.91. The molecule has 1 saturated heterocycles. The highest BCUT2D eigenvalue weighted by Gasteiger charge is 2.33. The van der Waals surface area contributed by atoms with Crippen molar-refractivity contribution in [2.75, 3.05) is 11.9 Å². The Balaban J connectivity index is 1.68. The minimum absolute atomic E-state index is 0.0623. The van der Waals surface area contributed by atoms with Crippen molar-refractivity contribution in [1.82, 2.24) is 4.90 Å². The maximum atomic E-state index is 12.7. The first-order valence-electron chi connectivity index (χ1n) is 9.08. The summed E-state index contributed by atoms with van der Waals surface area (Å²) in [6.07, 6.45) is 1.80. The molecule has 1 fully saturated rings. The summed E-state index contributed by atoms with van der Waals surface area (Å²) >= 11 is 6.49. The first-order valence-corrected chi connectivity index (χ1v) is 10.3. The summed E-state index contributed by atoms with van der Waals surface area (Å²) in [4.78, 5) is 26.8. The number of rotatable bonds is 4. The number of aromatic hydroxyl groups is 1. The van der Waals surface area contributed by atoms with E-state index in [9.17, 15) is 14.7 Å². The van der Waals surface area contributed by atoms with Crippen LogP contribution in [0.1, 0.15) is 31.9 Å². The molecule has 0 atom stereocenters. The number of carbonyl (C=O) groups excluding carboxylic acids is 2. The number of hydrogen-bond donors (Lipinski definition) is 2. The number of carbonyl (C=O) groups is 2. The van der Waals surface area contributed by atoms with E-state index in [-0.39, 0.29) is 29.5 Å². The van der Waals surface area contributed by atoms with Crippen LogP contribution in [0.2, 0.25) is 0 Å². The number of phenolic OH excluding ortho intramolecular Hbond substituents is 1. The maximum absolute atomic E-state index is 12.7. The van der Waals surface area contributed by atoms with Gasteiger partial charge in [-0.15, -0.1) is 0 Å². The number of anilines is 1. The minimum Gasteiger partial charge on any atom is -0.508 e. The lowest BCUT2D eigenvalue weighted by Gasteiger charge is -2.18. The molecular formula is C22H22N2O3S2. The second kappa shape index (κ2) is 8.39. The van der Waals surface area contributed by atoms with E-state index >= 15 is 0 Å². The summed E-state index contributed by atoms with van der Waals surface area (Å²) in [6, 6.07) is 14.2. The van der Waals surface area contributed by atoms with E-state index in [0.717, 1.165) is 5.56 Å². The van der Waals surface area contributed by atoms with Crippen LogP contribution >= 0.6 is 24.0 Å². The quantitative estimate of drug-likeness (QED) is 0.427. The largest absolute Gasteiger partial charge is 0.508 e. The summed E-state index contributed by atoms with van der Waals surface area (Å²) in [5.74, 6) is -0.524. The molecule has 0 aliphatic carbocycles. The van der Waals surface area contributed by atoms with Crippen molar-refractivity contribution in [2.24, 2.45) is 0 Å². The molecule has 0 spiro atoms. The fraction of sp³-hybridized carbons (Fsp3) is 0.227. The van der Waals surface area contributed by atoms with Gasteiger partial charge in [0.2, 0.25) is 5.91 Å². The minimum atomic E-state index is -0.359. The molecule has 0 radical (unpaired) electrons. The van der Waals surface area contributed by atoms with E-state index in [1.165, 1.54) is 34.4 Å². The van der Waals surface area contributed by atoms with Crippen LogP contribution in [0, 0.1) is 0 Å². The third-order valence-corrected chi connectivity index (χ3v) is 5.78. The van der Waals surface area contributed by atoms with E-state index in [1.54, 1.807) is 18.2 Å². The Morgan fingerprint density at radius 2 is 1.76 bits per heavy atom. The van der Waals surface area contributed by atoms with Crippen molar-refractivity contribution in [2.45, 2.75) is 26.2 Å². The second-order valence-corrected chi connectivity index (χ2v) is 9.41. The van der Waals surface area contributed by atoms with Gasteiger partial charge in [-0.05, 0) is 46.9 Å². The van der Waals surface area contributed by atoms with Crippen molar-refractivity contribution in [3.8, 4) is 5.75 Å². The number of thioether (sulfide) groups is 1. The van der Waals surface area contributed by atoms with Crippen LogP contribution in [0.3, 0.4) is 0 Å². The van der Waals surface area contributed by atoms with Crippen LogP contribution in [0.15, 0.2) is 53.4 Å². The van der Waals surface area contributed by atoms with Crippen LogP contribution < -0.4 is 5.32 Å². The SMILES string of the molecule is CC(C)(C)c1ccc(/C=C2\SC(=S)N(CC(=O)Nc3ccc(O)cc3)C2=O)cc1. The first-order chi connectivity index (χ1) is 13.6. The van der Waals surface area contributed by atoms with Gasteiger partial charge in [-0.2, -0.15) is 0 Å². The van der Waals surface area contributed by atoms with Crippen LogP contribution in [0.4, 0.5) is 5.69 Å². The monoisotopic (exact) mass is 426 g/mol. The summed E-state index contributed by atoms with van der Waals surface area (Å²) in [6.45, 7) is 6.29. The second-order valence-electron chi connectivity index (χ2n) is 7.73. The van der Waals surface area contributed by atoms with Crippen molar-refractivity contribution in [1.29, 1.82) is 0 Å². The van der Waals surface area contributed by atoms with Gasteiger partial charge < -0.3 is 10.4 Å². The standard InChI is InChI=1S/C22H22N2O3S2/c1-22(2,3)15-6-4-14(5-7-15)12-18-20(27)24(21(28)29-18)13-19(26)23-16-8-10-17(25)11-9-16/h4-12,25H,13H2,1-3H3,(H,23,26)/b18-12-. The zero-order chi connectivity index (χ0) is 21.2. The number of benzene rings is 2. The zero-order valence-electron chi connectivity index (χ0n) is 16.4. The molecule has 2 aromatic rings. The smallest absolute Gasteiger partial charge is 0.266 e. The zero-order valence-corrected chi connectivity index (χ0v) is 18.1. The molecule has 0 bridgehead atoms. The fourth-order valence-corrected chi connectivity index (χ4v) is 4.01. The highest BCUT2D eigenvalue weighted by atomic mass is 32.2. The Hall–Kier alpha value is -2.64. The lowest BCUT2D eigenvalue weighted by Crippen LogP contribution is -2.36. The molecule has 3 rings (SSSR count). The Morgan fingerprint density at radius 3 is 2.34 bits per heavy atom. The number of nitrogens with one attached hydrogen (secondary N) is 1. The van der Waals surface area contributed by atoms with Gasteiger partial charge in [-0.25, -0.2) is 0 Å². The van der Waals surface area contributed by atoms with Gasteiger partial charge in [0.25, 0.3) is 5.91 Å².